The number of thiazole rings is 1. The highest BCUT2D eigenvalue weighted by atomic mass is 32.1. The Morgan fingerprint density at radius 3 is 2.74 bits per heavy atom. The van der Waals surface area contributed by atoms with E-state index in [1.54, 1.807) is 17.5 Å². The Morgan fingerprint density at radius 1 is 1.42 bits per heavy atom. The highest BCUT2D eigenvalue weighted by molar-refractivity contribution is 7.13. The van der Waals surface area contributed by atoms with Crippen LogP contribution in [-0.4, -0.2) is 22.1 Å². The molecule has 0 fully saturated rings. The van der Waals surface area contributed by atoms with Gasteiger partial charge in [-0.1, -0.05) is 0 Å². The number of aromatic nitrogens is 1. The number of benzene rings is 1. The van der Waals surface area contributed by atoms with Gasteiger partial charge in [-0.15, -0.1) is 11.3 Å². The summed E-state index contributed by atoms with van der Waals surface area (Å²) in [5.41, 5.74) is 2.09. The fourth-order valence-corrected chi connectivity index (χ4v) is 2.42. The van der Waals surface area contributed by atoms with Crippen molar-refractivity contribution in [1.82, 2.24) is 4.98 Å². The van der Waals surface area contributed by atoms with Gasteiger partial charge in [-0.05, 0) is 37.6 Å². The molecular formula is C14H16N2O2S. The largest absolute Gasteiger partial charge is 0.481 e. The molecule has 2 aromatic rings. The van der Waals surface area contributed by atoms with Gasteiger partial charge < -0.3 is 10.4 Å². The van der Waals surface area contributed by atoms with Crippen LogP contribution in [0, 0.1) is 0 Å². The van der Waals surface area contributed by atoms with Crippen molar-refractivity contribution in [1.29, 1.82) is 0 Å². The Balaban J connectivity index is 1.93. The van der Waals surface area contributed by atoms with Gasteiger partial charge in [-0.25, -0.2) is 4.98 Å². The number of nitrogens with zero attached hydrogens (tertiary/aromatic N) is 1. The summed E-state index contributed by atoms with van der Waals surface area (Å²) in [6.45, 7) is 1.98. The van der Waals surface area contributed by atoms with Crippen LogP contribution in [0.2, 0.25) is 0 Å². The molecule has 0 amide bonds. The zero-order valence-electron chi connectivity index (χ0n) is 10.7. The molecule has 0 aliphatic heterocycles. The second-order valence-corrected chi connectivity index (χ2v) is 5.29. The first kappa shape index (κ1) is 13.5. The molecule has 0 aliphatic carbocycles. The summed E-state index contributed by atoms with van der Waals surface area (Å²) < 4.78 is 0. The molecule has 0 spiro atoms. The monoisotopic (exact) mass is 276 g/mol. The molecule has 0 saturated carbocycles. The van der Waals surface area contributed by atoms with Gasteiger partial charge in [0.25, 0.3) is 0 Å². The Morgan fingerprint density at radius 2 is 2.16 bits per heavy atom. The van der Waals surface area contributed by atoms with Crippen molar-refractivity contribution >= 4 is 23.0 Å². The molecule has 19 heavy (non-hydrogen) atoms. The zero-order chi connectivity index (χ0) is 13.7. The van der Waals surface area contributed by atoms with Crippen molar-refractivity contribution in [3.05, 3.63) is 35.8 Å². The highest BCUT2D eigenvalue weighted by Crippen LogP contribution is 2.23. The Bertz CT molecular complexity index is 523. The second-order valence-electron chi connectivity index (χ2n) is 4.39. The second kappa shape index (κ2) is 6.33. The molecular weight excluding hydrogens is 260 g/mol. The summed E-state index contributed by atoms with van der Waals surface area (Å²) in [5.74, 6) is -0.757. The number of carboxylic acids is 1. The number of rotatable bonds is 6. The smallest absolute Gasteiger partial charge is 0.303 e. The van der Waals surface area contributed by atoms with E-state index in [2.05, 4.69) is 10.3 Å². The molecule has 0 aliphatic rings. The Labute approximate surface area is 116 Å². The van der Waals surface area contributed by atoms with Gasteiger partial charge in [0, 0.05) is 35.3 Å². The average Bonchev–Trinajstić information content (AvgIpc) is 2.91. The first-order chi connectivity index (χ1) is 9.15. The Hall–Kier alpha value is -1.88. The van der Waals surface area contributed by atoms with Crippen LogP contribution in [-0.2, 0) is 4.79 Å². The van der Waals surface area contributed by atoms with Crippen LogP contribution in [0.4, 0.5) is 5.69 Å². The van der Waals surface area contributed by atoms with Crippen LogP contribution in [0.3, 0.4) is 0 Å². The lowest BCUT2D eigenvalue weighted by molar-refractivity contribution is -0.137. The highest BCUT2D eigenvalue weighted by Gasteiger charge is 2.06. The van der Waals surface area contributed by atoms with Gasteiger partial charge in [-0.2, -0.15) is 0 Å². The average molecular weight is 276 g/mol. The van der Waals surface area contributed by atoms with Crippen LogP contribution < -0.4 is 5.32 Å². The molecule has 5 heteroatoms. The molecule has 0 saturated heterocycles. The standard InChI is InChI=1S/C14H16N2O2S/c1-10(2-7-13(17)18)16-12-5-3-11(4-6-12)14-15-8-9-19-14/h3-6,8-10,16H,2,7H2,1H3,(H,17,18). The van der Waals surface area contributed by atoms with E-state index in [1.165, 1.54) is 0 Å². The van der Waals surface area contributed by atoms with Crippen molar-refractivity contribution in [3.63, 3.8) is 0 Å². The predicted octanol–water partition coefficient (Wildman–Crippen LogP) is 3.48. The number of hydrogen-bond donors (Lipinski definition) is 2. The lowest BCUT2D eigenvalue weighted by Crippen LogP contribution is -2.16. The first-order valence-corrected chi connectivity index (χ1v) is 7.01. The van der Waals surface area contributed by atoms with Gasteiger partial charge in [0.2, 0.25) is 0 Å². The van der Waals surface area contributed by atoms with E-state index in [0.29, 0.717) is 6.42 Å². The van der Waals surface area contributed by atoms with E-state index in [1.807, 2.05) is 36.6 Å². The lowest BCUT2D eigenvalue weighted by Gasteiger charge is -2.14. The van der Waals surface area contributed by atoms with Crippen molar-refractivity contribution in [2.75, 3.05) is 5.32 Å². The summed E-state index contributed by atoms with van der Waals surface area (Å²) in [6, 6.07) is 8.17. The third kappa shape index (κ3) is 4.06. The molecule has 1 atom stereocenters. The Kier molecular flexibility index (Phi) is 4.52. The zero-order valence-corrected chi connectivity index (χ0v) is 11.5. The maximum Gasteiger partial charge on any atom is 0.303 e. The lowest BCUT2D eigenvalue weighted by atomic mass is 10.1. The minimum absolute atomic E-state index is 0.141. The van der Waals surface area contributed by atoms with Gasteiger partial charge in [0.15, 0.2) is 0 Å². The van der Waals surface area contributed by atoms with Crippen molar-refractivity contribution in [2.45, 2.75) is 25.8 Å². The maximum absolute atomic E-state index is 10.5. The molecule has 1 heterocycles. The summed E-state index contributed by atoms with van der Waals surface area (Å²) in [4.78, 5) is 14.8. The summed E-state index contributed by atoms with van der Waals surface area (Å²) in [5, 5.41) is 14.9. The van der Waals surface area contributed by atoms with Gasteiger partial charge in [0.05, 0.1) is 0 Å². The fourth-order valence-electron chi connectivity index (χ4n) is 1.77. The number of nitrogens with one attached hydrogen (secondary N) is 1. The van der Waals surface area contributed by atoms with E-state index in [4.69, 9.17) is 5.11 Å². The van der Waals surface area contributed by atoms with E-state index in [9.17, 15) is 4.79 Å². The first-order valence-electron chi connectivity index (χ1n) is 6.13. The van der Waals surface area contributed by atoms with Gasteiger partial charge >= 0.3 is 5.97 Å². The van der Waals surface area contributed by atoms with E-state index >= 15 is 0 Å². The molecule has 4 nitrogen and oxygen atoms in total. The van der Waals surface area contributed by atoms with Crippen LogP contribution in [0.1, 0.15) is 19.8 Å². The number of carbonyl (C=O) groups is 1. The minimum Gasteiger partial charge on any atom is -0.481 e. The van der Waals surface area contributed by atoms with Gasteiger partial charge in [-0.3, -0.25) is 4.79 Å². The van der Waals surface area contributed by atoms with E-state index in [0.717, 1.165) is 16.3 Å². The summed E-state index contributed by atoms with van der Waals surface area (Å²) in [7, 11) is 0. The van der Waals surface area contributed by atoms with Crippen molar-refractivity contribution in [2.24, 2.45) is 0 Å². The summed E-state index contributed by atoms with van der Waals surface area (Å²) in [6.07, 6.45) is 2.59. The molecule has 2 N–H and O–H groups in total. The SMILES string of the molecule is CC(CCC(=O)O)Nc1ccc(-c2nccs2)cc1. The molecule has 1 unspecified atom stereocenters. The van der Waals surface area contributed by atoms with E-state index in [-0.39, 0.29) is 12.5 Å². The third-order valence-electron chi connectivity index (χ3n) is 2.77. The minimum atomic E-state index is -0.757. The molecule has 0 radical (unpaired) electrons. The molecule has 100 valence electrons. The van der Waals surface area contributed by atoms with Crippen molar-refractivity contribution in [3.8, 4) is 10.6 Å². The van der Waals surface area contributed by atoms with Crippen LogP contribution in [0.25, 0.3) is 10.6 Å². The van der Waals surface area contributed by atoms with Crippen molar-refractivity contribution < 1.29 is 9.90 Å². The number of hydrogen-bond acceptors (Lipinski definition) is 4. The quantitative estimate of drug-likeness (QED) is 0.848. The molecule has 1 aromatic heterocycles. The maximum atomic E-state index is 10.5. The van der Waals surface area contributed by atoms with E-state index < -0.39 is 5.97 Å². The molecule has 2 rings (SSSR count). The normalized spacial score (nSPS) is 12.1. The summed E-state index contributed by atoms with van der Waals surface area (Å²) >= 11 is 1.61. The molecule has 0 bridgehead atoms. The van der Waals surface area contributed by atoms with Crippen LogP contribution in [0.15, 0.2) is 35.8 Å². The molecule has 1 aromatic carbocycles. The topological polar surface area (TPSA) is 62.2 Å². The van der Waals surface area contributed by atoms with Crippen LogP contribution >= 0.6 is 11.3 Å². The number of aliphatic carboxylic acids is 1. The number of carboxylic acid groups (broad SMARTS) is 1. The fraction of sp³-hybridized carbons (Fsp3) is 0.286. The van der Waals surface area contributed by atoms with Crippen LogP contribution in [0.5, 0.6) is 0 Å². The number of anilines is 1. The third-order valence-corrected chi connectivity index (χ3v) is 3.59. The van der Waals surface area contributed by atoms with Gasteiger partial charge in [0.1, 0.15) is 5.01 Å². The predicted molar refractivity (Wildman–Crippen MR) is 77.5 cm³/mol.